The van der Waals surface area contributed by atoms with Crippen molar-refractivity contribution in [2.24, 2.45) is 5.41 Å². The molecule has 0 bridgehead atoms. The van der Waals surface area contributed by atoms with E-state index in [0.29, 0.717) is 0 Å². The first-order valence-corrected chi connectivity index (χ1v) is 8.21. The molecule has 1 rings (SSSR count). The molecule has 1 aliphatic carbocycles. The molecular formula is C20H27ClO. The quantitative estimate of drug-likeness (QED) is 0.331. The van der Waals surface area contributed by atoms with E-state index < -0.39 is 5.24 Å². The van der Waals surface area contributed by atoms with Crippen LogP contribution in [0.3, 0.4) is 0 Å². The molecule has 0 saturated carbocycles. The zero-order valence-corrected chi connectivity index (χ0v) is 15.1. The van der Waals surface area contributed by atoms with Crippen LogP contribution in [0.15, 0.2) is 58.7 Å². The molecule has 1 nitrogen and oxygen atoms in total. The van der Waals surface area contributed by atoms with Crippen LogP contribution in [-0.4, -0.2) is 5.24 Å². The molecule has 0 N–H and O–H groups in total. The summed E-state index contributed by atoms with van der Waals surface area (Å²) in [7, 11) is 0. The van der Waals surface area contributed by atoms with Gasteiger partial charge in [-0.1, -0.05) is 55.4 Å². The molecule has 0 unspecified atom stereocenters. The van der Waals surface area contributed by atoms with Crippen LogP contribution in [0, 0.1) is 5.41 Å². The summed E-state index contributed by atoms with van der Waals surface area (Å²) in [5, 5.41) is -0.440. The van der Waals surface area contributed by atoms with Gasteiger partial charge in [0.1, 0.15) is 0 Å². The number of halogens is 1. The van der Waals surface area contributed by atoms with Crippen molar-refractivity contribution < 1.29 is 4.79 Å². The lowest BCUT2D eigenvalue weighted by Crippen LogP contribution is -2.19. The summed E-state index contributed by atoms with van der Waals surface area (Å²) in [5.74, 6) is 0. The van der Waals surface area contributed by atoms with Gasteiger partial charge in [-0.3, -0.25) is 4.79 Å². The minimum absolute atomic E-state index is 0.273. The monoisotopic (exact) mass is 318 g/mol. The molecule has 0 aromatic rings. The van der Waals surface area contributed by atoms with Crippen molar-refractivity contribution in [3.8, 4) is 0 Å². The van der Waals surface area contributed by atoms with Crippen LogP contribution in [0.1, 0.15) is 53.9 Å². The summed E-state index contributed by atoms with van der Waals surface area (Å²) in [6, 6.07) is 0. The lowest BCUT2D eigenvalue weighted by molar-refractivity contribution is -0.107. The zero-order valence-electron chi connectivity index (χ0n) is 14.4. The Balaban J connectivity index is 2.79. The van der Waals surface area contributed by atoms with Gasteiger partial charge in [0.15, 0.2) is 0 Å². The minimum Gasteiger partial charge on any atom is -0.276 e. The summed E-state index contributed by atoms with van der Waals surface area (Å²) in [4.78, 5) is 10.7. The second kappa shape index (κ2) is 8.33. The fourth-order valence-corrected chi connectivity index (χ4v) is 3.03. The number of hydrogen-bond acceptors (Lipinski definition) is 1. The number of hydrogen-bond donors (Lipinski definition) is 0. The van der Waals surface area contributed by atoms with Crippen molar-refractivity contribution in [2.45, 2.75) is 53.9 Å². The molecule has 0 spiro atoms. The average Bonchev–Trinajstić information content (AvgIpc) is 2.36. The predicted octanol–water partition coefficient (Wildman–Crippen LogP) is 6.28. The van der Waals surface area contributed by atoms with Gasteiger partial charge < -0.3 is 0 Å². The van der Waals surface area contributed by atoms with Crippen LogP contribution in [0.2, 0.25) is 0 Å². The van der Waals surface area contributed by atoms with Crippen LogP contribution in [0.5, 0.6) is 0 Å². The normalized spacial score (nSPS) is 20.3. The van der Waals surface area contributed by atoms with Crippen LogP contribution in [0.4, 0.5) is 0 Å². The van der Waals surface area contributed by atoms with E-state index >= 15 is 0 Å². The third-order valence-electron chi connectivity index (χ3n) is 4.11. The number of rotatable bonds is 5. The van der Waals surface area contributed by atoms with Crippen molar-refractivity contribution in [2.75, 3.05) is 0 Å². The van der Waals surface area contributed by atoms with Crippen molar-refractivity contribution in [1.29, 1.82) is 0 Å². The summed E-state index contributed by atoms with van der Waals surface area (Å²) >= 11 is 5.31. The average molecular weight is 319 g/mol. The maximum atomic E-state index is 10.7. The van der Waals surface area contributed by atoms with Gasteiger partial charge in [0.2, 0.25) is 5.24 Å². The molecule has 0 saturated heterocycles. The Morgan fingerprint density at radius 3 is 2.45 bits per heavy atom. The van der Waals surface area contributed by atoms with Crippen LogP contribution >= 0.6 is 11.6 Å². The van der Waals surface area contributed by atoms with E-state index in [1.165, 1.54) is 42.1 Å². The highest BCUT2D eigenvalue weighted by molar-refractivity contribution is 6.66. The Morgan fingerprint density at radius 1 is 1.18 bits per heavy atom. The Labute approximate surface area is 140 Å². The number of carbonyl (C=O) groups excluding carboxylic acids is 1. The smallest absolute Gasteiger partial charge is 0.245 e. The molecule has 0 aromatic heterocycles. The SMILES string of the molecule is CC(C=CC=C(C)/C=C\C1=C(C)CCCC1(C)C)=CC(=O)Cl. The third kappa shape index (κ3) is 6.19. The van der Waals surface area contributed by atoms with Crippen LogP contribution in [-0.2, 0) is 4.79 Å². The van der Waals surface area contributed by atoms with E-state index in [0.717, 1.165) is 5.57 Å². The molecule has 22 heavy (non-hydrogen) atoms. The zero-order chi connectivity index (χ0) is 16.8. The third-order valence-corrected chi connectivity index (χ3v) is 4.22. The second-order valence-corrected chi connectivity index (χ2v) is 7.10. The molecule has 0 aromatic carbocycles. The summed E-state index contributed by atoms with van der Waals surface area (Å²) in [6.45, 7) is 10.8. The molecular weight excluding hydrogens is 292 g/mol. The highest BCUT2D eigenvalue weighted by Gasteiger charge is 2.26. The van der Waals surface area contributed by atoms with Gasteiger partial charge in [-0.2, -0.15) is 0 Å². The fourth-order valence-electron chi connectivity index (χ4n) is 2.86. The van der Waals surface area contributed by atoms with Crippen molar-refractivity contribution in [1.82, 2.24) is 0 Å². The van der Waals surface area contributed by atoms with Gasteiger partial charge in [0.05, 0.1) is 0 Å². The Hall–Kier alpha value is -1.34. The van der Waals surface area contributed by atoms with Crippen LogP contribution < -0.4 is 0 Å². The summed E-state index contributed by atoms with van der Waals surface area (Å²) in [6.07, 6.45) is 15.5. The highest BCUT2D eigenvalue weighted by Crippen LogP contribution is 2.40. The van der Waals surface area contributed by atoms with E-state index in [2.05, 4.69) is 39.8 Å². The van der Waals surface area contributed by atoms with E-state index in [4.69, 9.17) is 11.6 Å². The molecule has 0 heterocycles. The Kier molecular flexibility index (Phi) is 7.09. The number of allylic oxidation sites excluding steroid dienone is 10. The fraction of sp³-hybridized carbons (Fsp3) is 0.450. The Bertz CT molecular complexity index is 569. The lowest BCUT2D eigenvalue weighted by Gasteiger charge is -2.32. The van der Waals surface area contributed by atoms with Crippen molar-refractivity contribution >= 4 is 16.8 Å². The van der Waals surface area contributed by atoms with Gasteiger partial charge in [-0.05, 0) is 68.2 Å². The predicted molar refractivity (Wildman–Crippen MR) is 97.0 cm³/mol. The first-order chi connectivity index (χ1) is 10.2. The summed E-state index contributed by atoms with van der Waals surface area (Å²) in [5.41, 5.74) is 5.28. The number of carbonyl (C=O) groups is 1. The van der Waals surface area contributed by atoms with Gasteiger partial charge in [-0.15, -0.1) is 0 Å². The van der Waals surface area contributed by atoms with Gasteiger partial charge in [0, 0.05) is 6.08 Å². The molecule has 0 atom stereocenters. The molecule has 120 valence electrons. The molecule has 2 heteroatoms. The maximum Gasteiger partial charge on any atom is 0.245 e. The largest absolute Gasteiger partial charge is 0.276 e. The van der Waals surface area contributed by atoms with E-state index in [1.807, 2.05) is 25.2 Å². The summed E-state index contributed by atoms with van der Waals surface area (Å²) < 4.78 is 0. The van der Waals surface area contributed by atoms with Crippen molar-refractivity contribution in [3.05, 3.63) is 58.7 Å². The van der Waals surface area contributed by atoms with Gasteiger partial charge >= 0.3 is 0 Å². The van der Waals surface area contributed by atoms with E-state index in [1.54, 1.807) is 0 Å². The first-order valence-electron chi connectivity index (χ1n) is 7.83. The van der Waals surface area contributed by atoms with Crippen LogP contribution in [0.25, 0.3) is 0 Å². The molecule has 0 amide bonds. The topological polar surface area (TPSA) is 17.1 Å². The molecule has 0 aliphatic heterocycles. The van der Waals surface area contributed by atoms with Gasteiger partial charge in [-0.25, -0.2) is 0 Å². The highest BCUT2D eigenvalue weighted by atomic mass is 35.5. The molecule has 0 fully saturated rings. The maximum absolute atomic E-state index is 10.7. The molecule has 1 aliphatic rings. The van der Waals surface area contributed by atoms with Gasteiger partial charge in [0.25, 0.3) is 0 Å². The lowest BCUT2D eigenvalue weighted by atomic mass is 9.72. The first kappa shape index (κ1) is 18.7. The van der Waals surface area contributed by atoms with Crippen molar-refractivity contribution in [3.63, 3.8) is 0 Å². The second-order valence-electron chi connectivity index (χ2n) is 6.73. The minimum atomic E-state index is -0.440. The molecule has 0 radical (unpaired) electrons. The Morgan fingerprint density at radius 2 is 1.86 bits per heavy atom. The van der Waals surface area contributed by atoms with E-state index in [-0.39, 0.29) is 5.41 Å². The standard InChI is InChI=1S/C20H27ClO/c1-15(8-6-9-16(2)14-19(21)22)11-12-18-17(3)10-7-13-20(18,4)5/h6,8-9,11-12,14H,7,10,13H2,1-5H3/b9-6?,12-11-,15-8?,16-14?. The van der Waals surface area contributed by atoms with E-state index in [9.17, 15) is 4.79 Å².